The summed E-state index contributed by atoms with van der Waals surface area (Å²) >= 11 is 0. The van der Waals surface area contributed by atoms with Gasteiger partial charge in [0.25, 0.3) is 5.91 Å². The van der Waals surface area contributed by atoms with Gasteiger partial charge in [0, 0.05) is 6.42 Å². The highest BCUT2D eigenvalue weighted by Gasteiger charge is 2.59. The molecule has 2 heterocycles. The van der Waals surface area contributed by atoms with Gasteiger partial charge >= 0.3 is 0 Å². The molecule has 1 aromatic carbocycles. The van der Waals surface area contributed by atoms with Crippen LogP contribution in [0, 0.1) is 5.92 Å². The first-order chi connectivity index (χ1) is 10.4. The fraction of sp³-hybridized carbons (Fsp3) is 0.529. The molecule has 5 heteroatoms. The molecular weight excluding hydrogens is 278 g/mol. The first kappa shape index (κ1) is 14.9. The number of anilines is 1. The molecule has 0 bridgehead atoms. The highest BCUT2D eigenvalue weighted by Crippen LogP contribution is 2.42. The van der Waals surface area contributed by atoms with Crippen molar-refractivity contribution in [1.82, 2.24) is 9.91 Å². The van der Waals surface area contributed by atoms with Crippen molar-refractivity contribution in [1.29, 1.82) is 0 Å². The van der Waals surface area contributed by atoms with E-state index in [9.17, 15) is 9.59 Å². The highest BCUT2D eigenvalue weighted by molar-refractivity contribution is 5.94. The fourth-order valence-electron chi connectivity index (χ4n) is 3.55. The van der Waals surface area contributed by atoms with Gasteiger partial charge in [0.05, 0.1) is 5.69 Å². The van der Waals surface area contributed by atoms with E-state index >= 15 is 0 Å². The Morgan fingerprint density at radius 2 is 1.95 bits per heavy atom. The van der Waals surface area contributed by atoms with E-state index in [-0.39, 0.29) is 17.9 Å². The van der Waals surface area contributed by atoms with Crippen LogP contribution in [0.1, 0.15) is 40.0 Å². The number of nitrogens with one attached hydrogen (secondary N) is 1. The topological polar surface area (TPSA) is 52.7 Å². The second-order valence-electron chi connectivity index (χ2n) is 6.78. The molecule has 2 fully saturated rings. The molecule has 2 aliphatic rings. The molecule has 0 aromatic heterocycles. The van der Waals surface area contributed by atoms with Crippen molar-refractivity contribution in [3.63, 3.8) is 0 Å². The number of amides is 2. The quantitative estimate of drug-likeness (QED) is 0.930. The molecule has 0 radical (unpaired) electrons. The Bertz CT molecular complexity index is 587. The van der Waals surface area contributed by atoms with Gasteiger partial charge in [-0.3, -0.25) is 15.0 Å². The number of rotatable bonds is 4. The molecule has 22 heavy (non-hydrogen) atoms. The third kappa shape index (κ3) is 2.25. The molecule has 2 aliphatic heterocycles. The normalized spacial score (nSPS) is 27.7. The summed E-state index contributed by atoms with van der Waals surface area (Å²) in [5.74, 6) is 0.440. The Hall–Kier alpha value is -2.04. The first-order valence-electron chi connectivity index (χ1n) is 7.91. The third-order valence-corrected chi connectivity index (χ3v) is 4.61. The van der Waals surface area contributed by atoms with Crippen LogP contribution in [0.5, 0.6) is 0 Å². The number of nitrogens with zero attached hydrogens (tertiary/aromatic N) is 2. The summed E-state index contributed by atoms with van der Waals surface area (Å²) in [6, 6.07) is 9.28. The number of fused-ring (bicyclic) bond motifs is 1. The number of hydrazine groups is 1. The first-order valence-corrected chi connectivity index (χ1v) is 7.91. The van der Waals surface area contributed by atoms with Gasteiger partial charge in [-0.05, 0) is 37.8 Å². The molecule has 0 spiro atoms. The van der Waals surface area contributed by atoms with Crippen molar-refractivity contribution in [2.24, 2.45) is 5.92 Å². The molecule has 0 unspecified atom stereocenters. The van der Waals surface area contributed by atoms with Gasteiger partial charge < -0.3 is 4.90 Å². The number of carbonyl (C=O) groups is 2. The zero-order valence-corrected chi connectivity index (χ0v) is 13.4. The number of hydrogen-bond donors (Lipinski definition) is 1. The molecule has 118 valence electrons. The number of benzene rings is 1. The molecule has 0 saturated carbocycles. The summed E-state index contributed by atoms with van der Waals surface area (Å²) in [6.45, 7) is 6.14. The molecule has 0 aliphatic carbocycles. The Morgan fingerprint density at radius 3 is 2.59 bits per heavy atom. The van der Waals surface area contributed by atoms with E-state index < -0.39 is 5.66 Å². The minimum absolute atomic E-state index is 0.00639. The molecule has 1 aromatic rings. The number of carbonyl (C=O) groups excluding carboxylic acids is 2. The lowest BCUT2D eigenvalue weighted by Gasteiger charge is -2.36. The van der Waals surface area contributed by atoms with Crippen molar-refractivity contribution in [3.8, 4) is 0 Å². The Labute approximate surface area is 131 Å². The lowest BCUT2D eigenvalue weighted by Crippen LogP contribution is -2.51. The lowest BCUT2D eigenvalue weighted by molar-refractivity contribution is -0.134. The number of para-hydroxylation sites is 1. The van der Waals surface area contributed by atoms with E-state index in [1.807, 2.05) is 37.3 Å². The van der Waals surface area contributed by atoms with Crippen molar-refractivity contribution < 1.29 is 9.59 Å². The Balaban J connectivity index is 1.92. The van der Waals surface area contributed by atoms with E-state index in [0.717, 1.165) is 5.69 Å². The molecular formula is C17H23N3O2. The van der Waals surface area contributed by atoms with E-state index in [0.29, 0.717) is 25.2 Å². The van der Waals surface area contributed by atoms with Crippen LogP contribution in [0.4, 0.5) is 5.69 Å². The lowest BCUT2D eigenvalue weighted by atomic mass is 10.0. The standard InChI is InChI=1S/C17H23N3O2/c1-12(2)11-14-16(22)20(18-13-7-5-4-6-8-13)17(3)10-9-15(21)19(14)17/h4-8,12,14,18H,9-11H2,1-3H3/t14-,17+/m0/s1. The molecule has 3 rings (SSSR count). The molecule has 2 amide bonds. The SMILES string of the molecule is CC(C)C[C@H]1C(=O)N(Nc2ccccc2)[C@]2(C)CCC(=O)N12. The van der Waals surface area contributed by atoms with Gasteiger partial charge in [-0.1, -0.05) is 32.0 Å². The summed E-state index contributed by atoms with van der Waals surface area (Å²) in [4.78, 5) is 27.0. The summed E-state index contributed by atoms with van der Waals surface area (Å²) in [5, 5.41) is 1.67. The fourth-order valence-corrected chi connectivity index (χ4v) is 3.55. The summed E-state index contributed by atoms with van der Waals surface area (Å²) in [7, 11) is 0. The van der Waals surface area contributed by atoms with E-state index in [1.54, 1.807) is 9.91 Å². The van der Waals surface area contributed by atoms with Crippen molar-refractivity contribution in [2.45, 2.75) is 51.7 Å². The van der Waals surface area contributed by atoms with Gasteiger partial charge in [-0.15, -0.1) is 0 Å². The maximum absolute atomic E-state index is 12.9. The van der Waals surface area contributed by atoms with Crippen LogP contribution >= 0.6 is 0 Å². The molecule has 2 saturated heterocycles. The molecule has 5 nitrogen and oxygen atoms in total. The summed E-state index contributed by atoms with van der Waals surface area (Å²) in [6.07, 6.45) is 1.88. The second-order valence-corrected chi connectivity index (χ2v) is 6.78. The highest BCUT2D eigenvalue weighted by atomic mass is 16.2. The van der Waals surface area contributed by atoms with Crippen LogP contribution in [0.3, 0.4) is 0 Å². The second kappa shape index (κ2) is 5.30. The number of hydrogen-bond acceptors (Lipinski definition) is 3. The van der Waals surface area contributed by atoms with Crippen LogP contribution < -0.4 is 5.43 Å². The smallest absolute Gasteiger partial charge is 0.266 e. The summed E-state index contributed by atoms with van der Waals surface area (Å²) in [5.41, 5.74) is 3.51. The maximum Gasteiger partial charge on any atom is 0.266 e. The maximum atomic E-state index is 12.9. The van der Waals surface area contributed by atoms with Crippen LogP contribution in [-0.4, -0.2) is 33.4 Å². The van der Waals surface area contributed by atoms with E-state index in [1.165, 1.54) is 0 Å². The largest absolute Gasteiger partial charge is 0.306 e. The van der Waals surface area contributed by atoms with Crippen molar-refractivity contribution in [3.05, 3.63) is 30.3 Å². The average Bonchev–Trinajstić information content (AvgIpc) is 2.88. The zero-order valence-electron chi connectivity index (χ0n) is 13.4. The Kier molecular flexibility index (Phi) is 3.59. The van der Waals surface area contributed by atoms with Gasteiger partial charge in [0.2, 0.25) is 5.91 Å². The third-order valence-electron chi connectivity index (χ3n) is 4.61. The van der Waals surface area contributed by atoms with Gasteiger partial charge in [-0.2, -0.15) is 0 Å². The monoisotopic (exact) mass is 301 g/mol. The minimum atomic E-state index is -0.566. The van der Waals surface area contributed by atoms with Gasteiger partial charge in [0.15, 0.2) is 0 Å². The van der Waals surface area contributed by atoms with Crippen LogP contribution in [0.25, 0.3) is 0 Å². The Morgan fingerprint density at radius 1 is 1.27 bits per heavy atom. The predicted octanol–water partition coefficient (Wildman–Crippen LogP) is 2.61. The average molecular weight is 301 g/mol. The van der Waals surface area contributed by atoms with E-state index in [2.05, 4.69) is 19.3 Å². The summed E-state index contributed by atoms with van der Waals surface area (Å²) < 4.78 is 0. The van der Waals surface area contributed by atoms with Gasteiger partial charge in [0.1, 0.15) is 11.7 Å². The minimum Gasteiger partial charge on any atom is -0.306 e. The zero-order chi connectivity index (χ0) is 15.9. The predicted molar refractivity (Wildman–Crippen MR) is 84.6 cm³/mol. The van der Waals surface area contributed by atoms with Crippen LogP contribution in [0.15, 0.2) is 30.3 Å². The van der Waals surface area contributed by atoms with Crippen LogP contribution in [0.2, 0.25) is 0 Å². The molecule has 2 atom stereocenters. The van der Waals surface area contributed by atoms with Crippen LogP contribution in [-0.2, 0) is 9.59 Å². The van der Waals surface area contributed by atoms with Crippen molar-refractivity contribution >= 4 is 17.5 Å². The molecule has 1 N–H and O–H groups in total. The van der Waals surface area contributed by atoms with E-state index in [4.69, 9.17) is 0 Å². The van der Waals surface area contributed by atoms with Gasteiger partial charge in [-0.25, -0.2) is 5.01 Å². The van der Waals surface area contributed by atoms with Crippen molar-refractivity contribution in [2.75, 3.05) is 5.43 Å².